The van der Waals surface area contributed by atoms with Gasteiger partial charge in [-0.3, -0.25) is 0 Å². The Balaban J connectivity index is 2.59. The van der Waals surface area contributed by atoms with Crippen molar-refractivity contribution in [3.05, 3.63) is 23.7 Å². The lowest BCUT2D eigenvalue weighted by Gasteiger charge is -2.14. The van der Waals surface area contributed by atoms with Gasteiger partial charge in [0.15, 0.2) is 0 Å². The molecular weight excluding hydrogens is 186 g/mol. The fourth-order valence-corrected chi connectivity index (χ4v) is 1.62. The van der Waals surface area contributed by atoms with Gasteiger partial charge in [0.1, 0.15) is 5.76 Å². The molecule has 82 valence electrons. The van der Waals surface area contributed by atoms with Crippen molar-refractivity contribution in [1.29, 1.82) is 0 Å². The SMILES string of the molecule is CC#CCCC(NCC)c1coc(C)c1. The van der Waals surface area contributed by atoms with Crippen LogP contribution in [-0.4, -0.2) is 6.54 Å². The highest BCUT2D eigenvalue weighted by atomic mass is 16.3. The molecule has 2 heteroatoms. The number of nitrogens with one attached hydrogen (secondary N) is 1. The van der Waals surface area contributed by atoms with E-state index in [4.69, 9.17) is 4.42 Å². The third kappa shape index (κ3) is 3.81. The zero-order valence-corrected chi connectivity index (χ0v) is 9.76. The normalized spacial score (nSPS) is 11.9. The van der Waals surface area contributed by atoms with E-state index in [9.17, 15) is 0 Å². The summed E-state index contributed by atoms with van der Waals surface area (Å²) in [7, 11) is 0. The van der Waals surface area contributed by atoms with Crippen molar-refractivity contribution in [2.75, 3.05) is 6.54 Å². The van der Waals surface area contributed by atoms with Gasteiger partial charge in [-0.15, -0.1) is 11.8 Å². The number of rotatable bonds is 5. The molecule has 0 aliphatic rings. The predicted octanol–water partition coefficient (Wildman–Crippen LogP) is 3.04. The summed E-state index contributed by atoms with van der Waals surface area (Å²) < 4.78 is 5.32. The van der Waals surface area contributed by atoms with Crippen molar-refractivity contribution in [1.82, 2.24) is 5.32 Å². The summed E-state index contributed by atoms with van der Waals surface area (Å²) in [5.41, 5.74) is 1.23. The van der Waals surface area contributed by atoms with Gasteiger partial charge in [0, 0.05) is 18.0 Å². The Morgan fingerprint density at radius 2 is 2.33 bits per heavy atom. The van der Waals surface area contributed by atoms with Gasteiger partial charge in [0.05, 0.1) is 6.26 Å². The molecule has 2 nitrogen and oxygen atoms in total. The summed E-state index contributed by atoms with van der Waals surface area (Å²) in [5, 5.41) is 3.44. The molecule has 0 aliphatic heterocycles. The summed E-state index contributed by atoms with van der Waals surface area (Å²) in [5.74, 6) is 6.98. The van der Waals surface area contributed by atoms with Crippen molar-refractivity contribution < 1.29 is 4.42 Å². The van der Waals surface area contributed by atoms with Gasteiger partial charge in [-0.2, -0.15) is 0 Å². The Labute approximate surface area is 92.1 Å². The molecule has 0 fully saturated rings. The third-order valence-corrected chi connectivity index (χ3v) is 2.34. The van der Waals surface area contributed by atoms with Crippen LogP contribution in [0.5, 0.6) is 0 Å². The van der Waals surface area contributed by atoms with Crippen LogP contribution in [0.15, 0.2) is 16.7 Å². The van der Waals surface area contributed by atoms with E-state index in [1.165, 1.54) is 5.56 Å². The standard InChI is InChI=1S/C13H19NO/c1-4-6-7-8-13(14-5-2)12-9-11(3)15-10-12/h9-10,13-14H,5,7-8H2,1-3H3. The van der Waals surface area contributed by atoms with Crippen LogP contribution in [0.3, 0.4) is 0 Å². The van der Waals surface area contributed by atoms with Crippen molar-refractivity contribution in [2.45, 2.75) is 39.7 Å². The summed E-state index contributed by atoms with van der Waals surface area (Å²) in [6.45, 7) is 6.93. The molecule has 1 atom stereocenters. The van der Waals surface area contributed by atoms with E-state index >= 15 is 0 Å². The van der Waals surface area contributed by atoms with Crippen LogP contribution in [0.1, 0.15) is 44.1 Å². The van der Waals surface area contributed by atoms with Gasteiger partial charge >= 0.3 is 0 Å². The molecule has 0 saturated heterocycles. The lowest BCUT2D eigenvalue weighted by atomic mass is 10.1. The number of hydrogen-bond donors (Lipinski definition) is 1. The first-order valence-corrected chi connectivity index (χ1v) is 5.46. The zero-order chi connectivity index (χ0) is 11.1. The van der Waals surface area contributed by atoms with E-state index in [2.05, 4.69) is 30.1 Å². The van der Waals surface area contributed by atoms with E-state index in [1.807, 2.05) is 20.1 Å². The molecule has 0 aromatic carbocycles. The minimum absolute atomic E-state index is 0.369. The predicted molar refractivity (Wildman–Crippen MR) is 62.5 cm³/mol. The highest BCUT2D eigenvalue weighted by Crippen LogP contribution is 2.20. The Morgan fingerprint density at radius 1 is 1.53 bits per heavy atom. The Hall–Kier alpha value is -1.20. The van der Waals surface area contributed by atoms with Crippen molar-refractivity contribution >= 4 is 0 Å². The molecule has 1 aromatic heterocycles. The zero-order valence-electron chi connectivity index (χ0n) is 9.76. The summed E-state index contributed by atoms with van der Waals surface area (Å²) >= 11 is 0. The summed E-state index contributed by atoms with van der Waals surface area (Å²) in [6.07, 6.45) is 3.80. The second-order valence-corrected chi connectivity index (χ2v) is 3.57. The summed E-state index contributed by atoms with van der Waals surface area (Å²) in [4.78, 5) is 0. The average Bonchev–Trinajstić information content (AvgIpc) is 2.64. The van der Waals surface area contributed by atoms with E-state index in [1.54, 1.807) is 0 Å². The van der Waals surface area contributed by atoms with E-state index < -0.39 is 0 Å². The lowest BCUT2D eigenvalue weighted by molar-refractivity contribution is 0.499. The molecule has 0 aliphatic carbocycles. The number of furan rings is 1. The van der Waals surface area contributed by atoms with Gasteiger partial charge in [-0.05, 0) is 32.9 Å². The first-order chi connectivity index (χ1) is 7.27. The molecule has 0 saturated carbocycles. The maximum absolute atomic E-state index is 5.32. The second-order valence-electron chi connectivity index (χ2n) is 3.57. The Morgan fingerprint density at radius 3 is 2.87 bits per heavy atom. The van der Waals surface area contributed by atoms with Crippen LogP contribution in [0, 0.1) is 18.8 Å². The Kier molecular flexibility index (Phi) is 5.00. The lowest BCUT2D eigenvalue weighted by Crippen LogP contribution is -2.20. The molecule has 0 amide bonds. The van der Waals surface area contributed by atoms with Crippen LogP contribution in [0.2, 0.25) is 0 Å². The number of hydrogen-bond acceptors (Lipinski definition) is 2. The summed E-state index contributed by atoms with van der Waals surface area (Å²) in [6, 6.07) is 2.46. The van der Waals surface area contributed by atoms with Gasteiger partial charge < -0.3 is 9.73 Å². The fraction of sp³-hybridized carbons (Fsp3) is 0.538. The highest BCUT2D eigenvalue weighted by Gasteiger charge is 2.11. The second kappa shape index (κ2) is 6.31. The molecule has 1 unspecified atom stereocenters. The monoisotopic (exact) mass is 205 g/mol. The van der Waals surface area contributed by atoms with Gasteiger partial charge in [0.2, 0.25) is 0 Å². The quantitative estimate of drug-likeness (QED) is 0.747. The maximum Gasteiger partial charge on any atom is 0.101 e. The molecule has 1 aromatic rings. The van der Waals surface area contributed by atoms with Gasteiger partial charge in [-0.1, -0.05) is 6.92 Å². The van der Waals surface area contributed by atoms with Crippen LogP contribution >= 0.6 is 0 Å². The van der Waals surface area contributed by atoms with Crippen LogP contribution in [-0.2, 0) is 0 Å². The van der Waals surface area contributed by atoms with E-state index in [0.29, 0.717) is 6.04 Å². The van der Waals surface area contributed by atoms with Gasteiger partial charge in [-0.25, -0.2) is 0 Å². The smallest absolute Gasteiger partial charge is 0.101 e. The molecule has 0 radical (unpaired) electrons. The van der Waals surface area contributed by atoms with Crippen molar-refractivity contribution in [2.24, 2.45) is 0 Å². The Bertz CT molecular complexity index is 343. The fourth-order valence-electron chi connectivity index (χ4n) is 1.62. The maximum atomic E-state index is 5.32. The molecule has 15 heavy (non-hydrogen) atoms. The largest absolute Gasteiger partial charge is 0.469 e. The molecule has 1 rings (SSSR count). The molecule has 0 spiro atoms. The average molecular weight is 205 g/mol. The van der Waals surface area contributed by atoms with Crippen LogP contribution in [0.4, 0.5) is 0 Å². The first-order valence-electron chi connectivity index (χ1n) is 5.46. The van der Waals surface area contributed by atoms with E-state index in [0.717, 1.165) is 25.1 Å². The highest BCUT2D eigenvalue weighted by molar-refractivity contribution is 5.16. The minimum Gasteiger partial charge on any atom is -0.469 e. The minimum atomic E-state index is 0.369. The molecular formula is C13H19NO. The number of aryl methyl sites for hydroxylation is 1. The van der Waals surface area contributed by atoms with Crippen LogP contribution in [0.25, 0.3) is 0 Å². The van der Waals surface area contributed by atoms with Crippen molar-refractivity contribution in [3.8, 4) is 11.8 Å². The van der Waals surface area contributed by atoms with Gasteiger partial charge in [0.25, 0.3) is 0 Å². The van der Waals surface area contributed by atoms with Crippen molar-refractivity contribution in [3.63, 3.8) is 0 Å². The van der Waals surface area contributed by atoms with E-state index in [-0.39, 0.29) is 0 Å². The molecule has 1 N–H and O–H groups in total. The topological polar surface area (TPSA) is 25.2 Å². The van der Waals surface area contributed by atoms with Crippen LogP contribution < -0.4 is 5.32 Å². The first kappa shape index (κ1) is 11.9. The molecule has 0 bridgehead atoms. The third-order valence-electron chi connectivity index (χ3n) is 2.34. The molecule has 1 heterocycles.